The second-order valence-electron chi connectivity index (χ2n) is 12.1. The number of hydrogen-bond donors (Lipinski definition) is 1. The molecule has 2 aromatic rings. The van der Waals surface area contributed by atoms with Gasteiger partial charge in [-0.3, -0.25) is 0 Å². The SMILES string of the molecule is CCCCN(C(=O)NC1CCCCC1)C1CCN(CCc2ccc(Oc3ccc(N(S(C)(=O)=O)S(C)(=O)=O)cc3)cc2)CC1. The molecule has 2 amide bonds. The Morgan fingerprint density at radius 2 is 1.43 bits per heavy atom. The van der Waals surface area contributed by atoms with E-state index in [1.807, 2.05) is 24.3 Å². The largest absolute Gasteiger partial charge is 0.457 e. The monoisotopic (exact) mass is 648 g/mol. The van der Waals surface area contributed by atoms with E-state index < -0.39 is 20.0 Å². The Hall–Kier alpha value is -2.83. The summed E-state index contributed by atoms with van der Waals surface area (Å²) in [4.78, 5) is 17.8. The van der Waals surface area contributed by atoms with Crippen LogP contribution in [-0.4, -0.2) is 83.4 Å². The van der Waals surface area contributed by atoms with E-state index in [-0.39, 0.29) is 11.7 Å². The lowest BCUT2D eigenvalue weighted by molar-refractivity contribution is 0.117. The Morgan fingerprint density at radius 3 is 1.98 bits per heavy atom. The number of rotatable bonds is 13. The van der Waals surface area contributed by atoms with Gasteiger partial charge in [0.15, 0.2) is 0 Å². The van der Waals surface area contributed by atoms with Crippen molar-refractivity contribution in [3.05, 3.63) is 54.1 Å². The van der Waals surface area contributed by atoms with E-state index in [0.717, 1.165) is 83.6 Å². The molecule has 0 radical (unpaired) electrons. The van der Waals surface area contributed by atoms with Gasteiger partial charge in [0.2, 0.25) is 20.0 Å². The average Bonchev–Trinajstić information content (AvgIpc) is 2.98. The molecule has 0 unspecified atom stereocenters. The zero-order chi connectivity index (χ0) is 31.7. The number of sulfonamides is 2. The molecule has 244 valence electrons. The number of unbranched alkanes of at least 4 members (excludes halogenated alkanes) is 1. The molecule has 12 heteroatoms. The minimum absolute atomic E-state index is 0.0260. The Bertz CT molecular complexity index is 1390. The van der Waals surface area contributed by atoms with Gasteiger partial charge in [-0.2, -0.15) is 3.71 Å². The first-order valence-corrected chi connectivity index (χ1v) is 19.5. The summed E-state index contributed by atoms with van der Waals surface area (Å²) in [7, 11) is -8.00. The maximum atomic E-state index is 13.2. The van der Waals surface area contributed by atoms with Crippen LogP contribution in [0.2, 0.25) is 0 Å². The van der Waals surface area contributed by atoms with Crippen LogP contribution in [0.1, 0.15) is 70.3 Å². The van der Waals surface area contributed by atoms with Crippen LogP contribution in [0.4, 0.5) is 10.5 Å². The molecule has 44 heavy (non-hydrogen) atoms. The number of nitrogens with one attached hydrogen (secondary N) is 1. The van der Waals surface area contributed by atoms with Gasteiger partial charge in [-0.1, -0.05) is 44.7 Å². The zero-order valence-electron chi connectivity index (χ0n) is 26.3. The van der Waals surface area contributed by atoms with Crippen LogP contribution in [0.25, 0.3) is 0 Å². The van der Waals surface area contributed by atoms with Gasteiger partial charge in [0.25, 0.3) is 0 Å². The van der Waals surface area contributed by atoms with Crippen LogP contribution >= 0.6 is 0 Å². The molecule has 1 saturated carbocycles. The summed E-state index contributed by atoms with van der Waals surface area (Å²) in [6.45, 7) is 5.93. The third-order valence-corrected chi connectivity index (χ3v) is 11.7. The second kappa shape index (κ2) is 15.4. The summed E-state index contributed by atoms with van der Waals surface area (Å²) in [5.41, 5.74) is 1.22. The molecular weight excluding hydrogens is 601 g/mol. The smallest absolute Gasteiger partial charge is 0.317 e. The Balaban J connectivity index is 1.25. The standard InChI is InChI=1S/C32H48N4O6S2/c1-4-5-22-35(32(37)33-27-9-7-6-8-10-27)28-20-24-34(25-21-28)23-19-26-11-15-30(16-12-26)42-31-17-13-29(14-18-31)36(43(2,38)39)44(3,40)41/h11-18,27-28H,4-10,19-25H2,1-3H3,(H,33,37). The van der Waals surface area contributed by atoms with Crippen LogP contribution in [0.5, 0.6) is 11.5 Å². The number of amides is 2. The van der Waals surface area contributed by atoms with Crippen LogP contribution in [0.3, 0.4) is 0 Å². The van der Waals surface area contributed by atoms with E-state index >= 15 is 0 Å². The van der Waals surface area contributed by atoms with Crippen molar-refractivity contribution < 1.29 is 26.4 Å². The summed E-state index contributed by atoms with van der Waals surface area (Å²) in [6.07, 6.45) is 12.6. The predicted octanol–water partition coefficient (Wildman–Crippen LogP) is 5.36. The highest BCUT2D eigenvalue weighted by atomic mass is 32.3. The molecule has 1 saturated heterocycles. The van der Waals surface area contributed by atoms with Crippen molar-refractivity contribution in [2.24, 2.45) is 0 Å². The third kappa shape index (κ3) is 9.84. The highest BCUT2D eigenvalue weighted by molar-refractivity contribution is 8.09. The third-order valence-electron chi connectivity index (χ3n) is 8.47. The number of likely N-dealkylation sites (tertiary alicyclic amines) is 1. The van der Waals surface area contributed by atoms with Crippen molar-refractivity contribution in [1.82, 2.24) is 15.1 Å². The van der Waals surface area contributed by atoms with Gasteiger partial charge in [0.05, 0.1) is 18.2 Å². The Labute approximate surface area is 263 Å². The van der Waals surface area contributed by atoms with Crippen LogP contribution in [0.15, 0.2) is 48.5 Å². The topological polar surface area (TPSA) is 116 Å². The zero-order valence-corrected chi connectivity index (χ0v) is 27.9. The van der Waals surface area contributed by atoms with Gasteiger partial charge in [0, 0.05) is 38.3 Å². The van der Waals surface area contributed by atoms with Gasteiger partial charge < -0.3 is 19.9 Å². The molecular formula is C32H48N4O6S2. The maximum Gasteiger partial charge on any atom is 0.317 e. The summed E-state index contributed by atoms with van der Waals surface area (Å²) in [5.74, 6) is 1.09. The highest BCUT2D eigenvalue weighted by Gasteiger charge is 2.29. The van der Waals surface area contributed by atoms with Crippen LogP contribution in [-0.2, 0) is 26.5 Å². The summed E-state index contributed by atoms with van der Waals surface area (Å²) in [6, 6.07) is 14.5. The number of hydrogen-bond acceptors (Lipinski definition) is 7. The van der Waals surface area contributed by atoms with Crippen molar-refractivity contribution in [2.45, 2.75) is 83.2 Å². The van der Waals surface area contributed by atoms with Crippen LogP contribution < -0.4 is 13.8 Å². The predicted molar refractivity (Wildman–Crippen MR) is 175 cm³/mol. The molecule has 1 aliphatic heterocycles. The first-order valence-electron chi connectivity index (χ1n) is 15.8. The molecule has 10 nitrogen and oxygen atoms in total. The van der Waals surface area contributed by atoms with E-state index in [0.29, 0.717) is 27.3 Å². The molecule has 0 spiro atoms. The number of carbonyl (C=O) groups is 1. The molecule has 0 atom stereocenters. The summed E-state index contributed by atoms with van der Waals surface area (Å²) in [5, 5.41) is 3.34. The van der Waals surface area contributed by atoms with E-state index in [1.54, 1.807) is 12.1 Å². The number of anilines is 1. The Morgan fingerprint density at radius 1 is 0.864 bits per heavy atom. The first kappa shape index (κ1) is 34.1. The number of piperidine rings is 1. The lowest BCUT2D eigenvalue weighted by atomic mass is 9.95. The number of carbonyl (C=O) groups excluding carboxylic acids is 1. The van der Waals surface area contributed by atoms with Crippen molar-refractivity contribution in [2.75, 3.05) is 42.4 Å². The minimum atomic E-state index is -4.00. The van der Waals surface area contributed by atoms with E-state index in [9.17, 15) is 21.6 Å². The minimum Gasteiger partial charge on any atom is -0.457 e. The van der Waals surface area contributed by atoms with Crippen molar-refractivity contribution in [3.8, 4) is 11.5 Å². The fraction of sp³-hybridized carbons (Fsp3) is 0.594. The van der Waals surface area contributed by atoms with Crippen molar-refractivity contribution in [3.63, 3.8) is 0 Å². The second-order valence-corrected chi connectivity index (χ2v) is 16.0. The van der Waals surface area contributed by atoms with E-state index in [2.05, 4.69) is 22.0 Å². The average molecular weight is 649 g/mol. The molecule has 1 N–H and O–H groups in total. The van der Waals surface area contributed by atoms with Crippen molar-refractivity contribution in [1.29, 1.82) is 0 Å². The van der Waals surface area contributed by atoms with E-state index in [4.69, 9.17) is 4.74 Å². The van der Waals surface area contributed by atoms with Gasteiger partial charge in [-0.05, 0) is 80.5 Å². The Kier molecular flexibility index (Phi) is 12.0. The fourth-order valence-corrected chi connectivity index (χ4v) is 9.13. The molecule has 0 aromatic heterocycles. The fourth-order valence-electron chi connectivity index (χ4n) is 6.15. The highest BCUT2D eigenvalue weighted by Crippen LogP contribution is 2.28. The van der Waals surface area contributed by atoms with Crippen LogP contribution in [0, 0.1) is 0 Å². The van der Waals surface area contributed by atoms with Gasteiger partial charge >= 0.3 is 6.03 Å². The molecule has 1 aliphatic carbocycles. The molecule has 4 rings (SSSR count). The lowest BCUT2D eigenvalue weighted by Crippen LogP contribution is -2.53. The molecule has 0 bridgehead atoms. The van der Waals surface area contributed by atoms with E-state index in [1.165, 1.54) is 37.0 Å². The number of benzene rings is 2. The summed E-state index contributed by atoms with van der Waals surface area (Å²) < 4.78 is 54.3. The first-order chi connectivity index (χ1) is 20.9. The molecule has 2 aromatic carbocycles. The molecule has 2 aliphatic rings. The number of ether oxygens (including phenoxy) is 1. The molecule has 2 fully saturated rings. The summed E-state index contributed by atoms with van der Waals surface area (Å²) >= 11 is 0. The lowest BCUT2D eigenvalue weighted by Gasteiger charge is -2.39. The quantitative estimate of drug-likeness (QED) is 0.311. The normalized spacial score (nSPS) is 17.2. The maximum absolute atomic E-state index is 13.2. The van der Waals surface area contributed by atoms with Gasteiger partial charge in [0.1, 0.15) is 11.5 Å². The van der Waals surface area contributed by atoms with Gasteiger partial charge in [-0.25, -0.2) is 21.6 Å². The number of nitrogens with zero attached hydrogens (tertiary/aromatic N) is 3. The number of urea groups is 1. The molecule has 1 heterocycles. The van der Waals surface area contributed by atoms with Crippen molar-refractivity contribution >= 4 is 31.8 Å². The van der Waals surface area contributed by atoms with Gasteiger partial charge in [-0.15, -0.1) is 0 Å².